The predicted molar refractivity (Wildman–Crippen MR) is 136 cm³/mol. The minimum absolute atomic E-state index is 0.0155. The van der Waals surface area contributed by atoms with Gasteiger partial charge in [-0.3, -0.25) is 19.5 Å². The lowest BCUT2D eigenvalue weighted by Gasteiger charge is -2.10. The maximum Gasteiger partial charge on any atom is 0.269 e. The number of thioether (sulfide) groups is 1. The molecule has 1 heterocycles. The Hall–Kier alpha value is -4.02. The summed E-state index contributed by atoms with van der Waals surface area (Å²) in [5.74, 6) is 0.353. The van der Waals surface area contributed by atoms with Gasteiger partial charge in [-0.2, -0.15) is 5.10 Å². The molecule has 11 heteroatoms. The molecular formula is C24H19ClN6O3S. The van der Waals surface area contributed by atoms with Gasteiger partial charge < -0.3 is 0 Å². The molecule has 0 radical (unpaired) electrons. The lowest BCUT2D eigenvalue weighted by Crippen LogP contribution is -2.20. The van der Waals surface area contributed by atoms with Crippen LogP contribution in [0.4, 0.5) is 5.69 Å². The van der Waals surface area contributed by atoms with Crippen LogP contribution in [0.15, 0.2) is 83.1 Å². The number of nitrogens with one attached hydrogen (secondary N) is 1. The molecule has 0 aliphatic heterocycles. The fourth-order valence-electron chi connectivity index (χ4n) is 3.10. The number of aromatic nitrogens is 3. The fraction of sp³-hybridized carbons (Fsp3) is 0.0833. The first-order valence-corrected chi connectivity index (χ1v) is 11.7. The Kier molecular flexibility index (Phi) is 7.54. The van der Waals surface area contributed by atoms with Crippen LogP contribution in [0.25, 0.3) is 17.1 Å². The summed E-state index contributed by atoms with van der Waals surface area (Å²) in [6, 6.07) is 21.1. The first kappa shape index (κ1) is 24.1. The van der Waals surface area contributed by atoms with Gasteiger partial charge in [0, 0.05) is 28.4 Å². The van der Waals surface area contributed by atoms with Crippen molar-refractivity contribution in [3.05, 3.63) is 99.1 Å². The van der Waals surface area contributed by atoms with Crippen molar-refractivity contribution in [2.75, 3.05) is 5.75 Å². The summed E-state index contributed by atoms with van der Waals surface area (Å²) in [6.07, 6.45) is 1.42. The summed E-state index contributed by atoms with van der Waals surface area (Å²) in [6.45, 7) is 2.01. The summed E-state index contributed by atoms with van der Waals surface area (Å²) in [5.41, 5.74) is 5.88. The van der Waals surface area contributed by atoms with Crippen molar-refractivity contribution in [3.8, 4) is 17.1 Å². The second-order valence-corrected chi connectivity index (χ2v) is 8.79. The molecule has 4 aromatic rings. The normalized spacial score (nSPS) is 11.0. The van der Waals surface area contributed by atoms with Gasteiger partial charge in [0.25, 0.3) is 11.6 Å². The Balaban J connectivity index is 1.47. The van der Waals surface area contributed by atoms with Crippen LogP contribution >= 0.6 is 23.4 Å². The van der Waals surface area contributed by atoms with Gasteiger partial charge in [0.1, 0.15) is 0 Å². The number of hydrogen-bond donors (Lipinski definition) is 1. The molecule has 4 rings (SSSR count). The minimum atomic E-state index is -0.479. The molecule has 1 amide bonds. The first-order chi connectivity index (χ1) is 16.9. The summed E-state index contributed by atoms with van der Waals surface area (Å²) < 4.78 is 1.89. The van der Waals surface area contributed by atoms with Crippen LogP contribution in [0.1, 0.15) is 11.1 Å². The van der Waals surface area contributed by atoms with E-state index in [0.717, 1.165) is 16.8 Å². The number of rotatable bonds is 8. The molecule has 176 valence electrons. The number of nitro groups is 1. The number of benzene rings is 3. The smallest absolute Gasteiger partial charge is 0.269 e. The number of halogens is 1. The molecule has 0 fully saturated rings. The number of nitro benzene ring substituents is 1. The van der Waals surface area contributed by atoms with Crippen molar-refractivity contribution in [3.63, 3.8) is 0 Å². The van der Waals surface area contributed by atoms with Crippen LogP contribution in [0.5, 0.6) is 0 Å². The number of carbonyl (C=O) groups is 1. The molecule has 0 spiro atoms. The topological polar surface area (TPSA) is 115 Å². The van der Waals surface area contributed by atoms with E-state index in [0.29, 0.717) is 21.6 Å². The average molecular weight is 507 g/mol. The Labute approximate surface area is 210 Å². The van der Waals surface area contributed by atoms with E-state index in [-0.39, 0.29) is 17.3 Å². The standard InChI is InChI=1S/C24H19ClN6O3S/c1-16-2-10-20(11-3-16)30-23(18-6-8-19(25)9-7-18)28-29-24(30)35-15-22(32)27-26-14-17-4-12-21(13-5-17)31(33)34/h2-14H,15H2,1H3,(H,27,32). The van der Waals surface area contributed by atoms with Crippen molar-refractivity contribution in [2.24, 2.45) is 5.10 Å². The van der Waals surface area contributed by atoms with E-state index < -0.39 is 4.92 Å². The molecule has 1 aromatic heterocycles. The molecule has 1 N–H and O–H groups in total. The van der Waals surface area contributed by atoms with Crippen LogP contribution in [-0.4, -0.2) is 37.6 Å². The molecule has 0 aliphatic rings. The van der Waals surface area contributed by atoms with Crippen molar-refractivity contribution >= 4 is 41.2 Å². The largest absolute Gasteiger partial charge is 0.272 e. The van der Waals surface area contributed by atoms with Crippen LogP contribution < -0.4 is 5.43 Å². The highest BCUT2D eigenvalue weighted by Crippen LogP contribution is 2.28. The Bertz CT molecular complexity index is 1370. The molecule has 0 atom stereocenters. The van der Waals surface area contributed by atoms with Gasteiger partial charge in [0.05, 0.1) is 16.9 Å². The third-order valence-electron chi connectivity index (χ3n) is 4.87. The van der Waals surface area contributed by atoms with E-state index >= 15 is 0 Å². The summed E-state index contributed by atoms with van der Waals surface area (Å²) in [4.78, 5) is 22.6. The first-order valence-electron chi connectivity index (χ1n) is 10.4. The molecule has 0 aliphatic carbocycles. The molecular weight excluding hydrogens is 488 g/mol. The maximum absolute atomic E-state index is 12.3. The second kappa shape index (κ2) is 10.9. The molecule has 3 aromatic carbocycles. The molecule has 9 nitrogen and oxygen atoms in total. The van der Waals surface area contributed by atoms with Gasteiger partial charge in [0.15, 0.2) is 11.0 Å². The zero-order chi connectivity index (χ0) is 24.8. The van der Waals surface area contributed by atoms with Gasteiger partial charge in [0.2, 0.25) is 0 Å². The Morgan fingerprint density at radius 3 is 2.43 bits per heavy atom. The number of aryl methyl sites for hydroxylation is 1. The fourth-order valence-corrected chi connectivity index (χ4v) is 3.97. The third kappa shape index (κ3) is 6.11. The Morgan fingerprint density at radius 2 is 1.77 bits per heavy atom. The van der Waals surface area contributed by atoms with Gasteiger partial charge in [-0.15, -0.1) is 10.2 Å². The van der Waals surface area contributed by atoms with E-state index in [1.807, 2.05) is 47.9 Å². The summed E-state index contributed by atoms with van der Waals surface area (Å²) in [5, 5.41) is 24.5. The van der Waals surface area contributed by atoms with Crippen LogP contribution in [0.2, 0.25) is 5.02 Å². The zero-order valence-corrected chi connectivity index (χ0v) is 20.0. The molecule has 35 heavy (non-hydrogen) atoms. The lowest BCUT2D eigenvalue weighted by molar-refractivity contribution is -0.384. The minimum Gasteiger partial charge on any atom is -0.272 e. The molecule has 0 saturated carbocycles. The van der Waals surface area contributed by atoms with Crippen LogP contribution in [0, 0.1) is 17.0 Å². The predicted octanol–water partition coefficient (Wildman–Crippen LogP) is 5.05. The van der Waals surface area contributed by atoms with Crippen molar-refractivity contribution in [1.82, 2.24) is 20.2 Å². The van der Waals surface area contributed by atoms with Crippen molar-refractivity contribution in [1.29, 1.82) is 0 Å². The van der Waals surface area contributed by atoms with E-state index in [1.54, 1.807) is 24.3 Å². The number of amides is 1. The number of non-ortho nitro benzene ring substituents is 1. The number of carbonyl (C=O) groups excluding carboxylic acids is 1. The summed E-state index contributed by atoms with van der Waals surface area (Å²) in [7, 11) is 0. The second-order valence-electron chi connectivity index (χ2n) is 7.41. The Morgan fingerprint density at radius 1 is 1.09 bits per heavy atom. The number of nitrogens with zero attached hydrogens (tertiary/aromatic N) is 5. The lowest BCUT2D eigenvalue weighted by atomic mass is 10.2. The SMILES string of the molecule is Cc1ccc(-n2c(SCC(=O)NN=Cc3ccc([N+](=O)[O-])cc3)nnc2-c2ccc(Cl)cc2)cc1. The van der Waals surface area contributed by atoms with Crippen LogP contribution in [0.3, 0.4) is 0 Å². The monoisotopic (exact) mass is 506 g/mol. The van der Waals surface area contributed by atoms with E-state index in [4.69, 9.17) is 11.6 Å². The quantitative estimate of drug-likeness (QED) is 0.155. The van der Waals surface area contributed by atoms with E-state index in [2.05, 4.69) is 20.7 Å². The molecule has 0 saturated heterocycles. The van der Waals surface area contributed by atoms with Gasteiger partial charge in [-0.05, 0) is 61.0 Å². The van der Waals surface area contributed by atoms with E-state index in [9.17, 15) is 14.9 Å². The van der Waals surface area contributed by atoms with Crippen molar-refractivity contribution < 1.29 is 9.72 Å². The zero-order valence-electron chi connectivity index (χ0n) is 18.5. The van der Waals surface area contributed by atoms with Gasteiger partial charge >= 0.3 is 0 Å². The number of hydrogen-bond acceptors (Lipinski definition) is 7. The molecule has 0 unspecified atom stereocenters. The molecule has 0 bridgehead atoms. The maximum atomic E-state index is 12.3. The highest BCUT2D eigenvalue weighted by molar-refractivity contribution is 7.99. The van der Waals surface area contributed by atoms with Gasteiger partial charge in [-0.1, -0.05) is 41.1 Å². The van der Waals surface area contributed by atoms with Crippen LogP contribution in [-0.2, 0) is 4.79 Å². The van der Waals surface area contributed by atoms with Crippen molar-refractivity contribution in [2.45, 2.75) is 12.1 Å². The van der Waals surface area contributed by atoms with Gasteiger partial charge in [-0.25, -0.2) is 5.43 Å². The highest BCUT2D eigenvalue weighted by atomic mass is 35.5. The number of hydrazone groups is 1. The average Bonchev–Trinajstić information content (AvgIpc) is 3.28. The third-order valence-corrected chi connectivity index (χ3v) is 6.05. The highest BCUT2D eigenvalue weighted by Gasteiger charge is 2.17. The van der Waals surface area contributed by atoms with E-state index in [1.165, 1.54) is 30.1 Å². The summed E-state index contributed by atoms with van der Waals surface area (Å²) >= 11 is 7.26.